The number of nitrogens with zero attached hydrogens (tertiary/aromatic N) is 1. The summed E-state index contributed by atoms with van der Waals surface area (Å²) in [5.41, 5.74) is 4.09. The number of carbonyl (C=O) groups excluding carboxylic acids is 2. The van der Waals surface area contributed by atoms with Gasteiger partial charge in [0.1, 0.15) is 0 Å². The van der Waals surface area contributed by atoms with Gasteiger partial charge in [0, 0.05) is 10.6 Å². The van der Waals surface area contributed by atoms with Gasteiger partial charge in [-0.3, -0.25) is 4.79 Å². The Morgan fingerprint density at radius 3 is 2.45 bits per heavy atom. The van der Waals surface area contributed by atoms with Crippen molar-refractivity contribution < 1.29 is 19.1 Å². The minimum absolute atomic E-state index is 0.259. The Bertz CT molecular complexity index is 1350. The second-order valence-corrected chi connectivity index (χ2v) is 7.47. The quantitative estimate of drug-likeness (QED) is 0.179. The molecule has 4 rings (SSSR count). The van der Waals surface area contributed by atoms with E-state index in [9.17, 15) is 9.59 Å². The summed E-state index contributed by atoms with van der Waals surface area (Å²) < 4.78 is 10.8. The van der Waals surface area contributed by atoms with Gasteiger partial charge in [0.05, 0.1) is 18.9 Å². The fraction of sp³-hybridized carbons (Fsp3) is 0.0385. The number of nitrogens with one attached hydrogen (secondary N) is 1. The van der Waals surface area contributed by atoms with E-state index in [2.05, 4.69) is 10.5 Å². The molecule has 0 fully saturated rings. The molecule has 0 aromatic heterocycles. The van der Waals surface area contributed by atoms with E-state index < -0.39 is 5.97 Å². The van der Waals surface area contributed by atoms with Gasteiger partial charge < -0.3 is 9.47 Å². The highest BCUT2D eigenvalue weighted by atomic mass is 35.5. The molecule has 0 aliphatic rings. The normalized spacial score (nSPS) is 10.8. The molecule has 0 aliphatic heterocycles. The smallest absolute Gasteiger partial charge is 0.343 e. The Labute approximate surface area is 195 Å². The topological polar surface area (TPSA) is 77.0 Å². The van der Waals surface area contributed by atoms with E-state index in [0.29, 0.717) is 27.5 Å². The number of carbonyl (C=O) groups is 2. The zero-order valence-corrected chi connectivity index (χ0v) is 18.4. The first kappa shape index (κ1) is 22.0. The number of amides is 1. The van der Waals surface area contributed by atoms with E-state index in [1.54, 1.807) is 48.5 Å². The van der Waals surface area contributed by atoms with Crippen LogP contribution in [0.25, 0.3) is 10.8 Å². The highest BCUT2D eigenvalue weighted by molar-refractivity contribution is 6.30. The van der Waals surface area contributed by atoms with Gasteiger partial charge in [-0.15, -0.1) is 0 Å². The van der Waals surface area contributed by atoms with Crippen LogP contribution in [0.4, 0.5) is 0 Å². The highest BCUT2D eigenvalue weighted by Gasteiger charge is 2.13. The fourth-order valence-corrected chi connectivity index (χ4v) is 3.37. The van der Waals surface area contributed by atoms with Crippen molar-refractivity contribution in [1.29, 1.82) is 0 Å². The largest absolute Gasteiger partial charge is 0.493 e. The standard InChI is InChI=1S/C26H19ClN2O4/c1-32-24-15-17(9-14-23(24)33-26(31)19-10-12-20(27)13-11-19)16-28-29-25(30)22-8-4-6-18-5-2-3-7-21(18)22/h2-16H,1H3,(H,29,30). The van der Waals surface area contributed by atoms with Crippen molar-refractivity contribution in [2.24, 2.45) is 5.10 Å². The monoisotopic (exact) mass is 458 g/mol. The summed E-state index contributed by atoms with van der Waals surface area (Å²) in [5.74, 6) is -0.242. The summed E-state index contributed by atoms with van der Waals surface area (Å²) in [6, 6.07) is 24.5. The first-order valence-corrected chi connectivity index (χ1v) is 10.4. The van der Waals surface area contributed by atoms with Crippen molar-refractivity contribution in [3.63, 3.8) is 0 Å². The third-order valence-corrected chi connectivity index (χ3v) is 5.14. The number of fused-ring (bicyclic) bond motifs is 1. The number of hydrogen-bond donors (Lipinski definition) is 1. The van der Waals surface area contributed by atoms with Crippen LogP contribution in [0, 0.1) is 0 Å². The number of hydrogen-bond acceptors (Lipinski definition) is 5. The molecule has 4 aromatic carbocycles. The molecule has 1 N–H and O–H groups in total. The maximum absolute atomic E-state index is 12.6. The van der Waals surface area contributed by atoms with Gasteiger partial charge in [-0.05, 0) is 64.9 Å². The van der Waals surface area contributed by atoms with Crippen LogP contribution < -0.4 is 14.9 Å². The van der Waals surface area contributed by atoms with Gasteiger partial charge >= 0.3 is 5.97 Å². The summed E-state index contributed by atoms with van der Waals surface area (Å²) in [7, 11) is 1.47. The number of hydrazone groups is 1. The molecular weight excluding hydrogens is 440 g/mol. The van der Waals surface area contributed by atoms with Crippen molar-refractivity contribution in [3.05, 3.63) is 107 Å². The fourth-order valence-electron chi connectivity index (χ4n) is 3.24. The zero-order valence-electron chi connectivity index (χ0n) is 17.6. The number of methoxy groups -OCH3 is 1. The minimum Gasteiger partial charge on any atom is -0.493 e. The van der Waals surface area contributed by atoms with Crippen molar-refractivity contribution in [3.8, 4) is 11.5 Å². The Kier molecular flexibility index (Phi) is 6.66. The van der Waals surface area contributed by atoms with Crippen molar-refractivity contribution in [2.45, 2.75) is 0 Å². The number of rotatable bonds is 6. The Balaban J connectivity index is 1.45. The van der Waals surface area contributed by atoms with Gasteiger partial charge in [-0.2, -0.15) is 5.10 Å². The van der Waals surface area contributed by atoms with Crippen LogP contribution in [0.3, 0.4) is 0 Å². The van der Waals surface area contributed by atoms with E-state index in [0.717, 1.165) is 10.8 Å². The van der Waals surface area contributed by atoms with Crippen LogP contribution >= 0.6 is 11.6 Å². The summed E-state index contributed by atoms with van der Waals surface area (Å²) >= 11 is 5.85. The lowest BCUT2D eigenvalue weighted by Crippen LogP contribution is -2.17. The lowest BCUT2D eigenvalue weighted by atomic mass is 10.0. The molecule has 0 saturated carbocycles. The van der Waals surface area contributed by atoms with Crippen molar-refractivity contribution in [2.75, 3.05) is 7.11 Å². The molecule has 0 unspecified atom stereocenters. The molecule has 1 amide bonds. The number of benzene rings is 4. The molecule has 0 radical (unpaired) electrons. The molecule has 0 atom stereocenters. The summed E-state index contributed by atoms with van der Waals surface area (Å²) in [5, 5.41) is 6.40. The molecule has 7 heteroatoms. The molecule has 0 spiro atoms. The molecule has 4 aromatic rings. The predicted octanol–water partition coefficient (Wildman–Crippen LogP) is 5.48. The van der Waals surface area contributed by atoms with E-state index in [4.69, 9.17) is 21.1 Å². The lowest BCUT2D eigenvalue weighted by Gasteiger charge is -2.10. The van der Waals surface area contributed by atoms with Crippen LogP contribution in [-0.2, 0) is 0 Å². The molecule has 33 heavy (non-hydrogen) atoms. The van der Waals surface area contributed by atoms with Crippen LogP contribution in [-0.4, -0.2) is 25.2 Å². The van der Waals surface area contributed by atoms with Gasteiger partial charge in [0.15, 0.2) is 11.5 Å². The van der Waals surface area contributed by atoms with Gasteiger partial charge in [-0.1, -0.05) is 48.0 Å². The third kappa shape index (κ3) is 5.19. The van der Waals surface area contributed by atoms with Crippen LogP contribution in [0.2, 0.25) is 5.02 Å². The van der Waals surface area contributed by atoms with Crippen LogP contribution in [0.5, 0.6) is 11.5 Å². The molecule has 0 aliphatic carbocycles. The number of esters is 1. The second-order valence-electron chi connectivity index (χ2n) is 7.03. The molecule has 0 bridgehead atoms. The maximum atomic E-state index is 12.6. The van der Waals surface area contributed by atoms with Crippen molar-refractivity contribution >= 4 is 40.5 Å². The first-order valence-electron chi connectivity index (χ1n) is 10.0. The Morgan fingerprint density at radius 2 is 1.67 bits per heavy atom. The van der Waals surface area contributed by atoms with Gasteiger partial charge in [0.25, 0.3) is 5.91 Å². The second kappa shape index (κ2) is 9.97. The number of ether oxygens (including phenoxy) is 2. The molecular formula is C26H19ClN2O4. The lowest BCUT2D eigenvalue weighted by molar-refractivity contribution is 0.0729. The molecule has 0 saturated heterocycles. The molecule has 164 valence electrons. The van der Waals surface area contributed by atoms with E-state index in [1.165, 1.54) is 13.3 Å². The average Bonchev–Trinajstić information content (AvgIpc) is 2.84. The number of halogens is 1. The summed E-state index contributed by atoms with van der Waals surface area (Å²) in [6.45, 7) is 0. The first-order chi connectivity index (χ1) is 16.0. The van der Waals surface area contributed by atoms with Gasteiger partial charge in [-0.25, -0.2) is 10.2 Å². The van der Waals surface area contributed by atoms with E-state index >= 15 is 0 Å². The molecule has 6 nitrogen and oxygen atoms in total. The third-order valence-electron chi connectivity index (χ3n) is 4.88. The van der Waals surface area contributed by atoms with Crippen molar-refractivity contribution in [1.82, 2.24) is 5.43 Å². The summed E-state index contributed by atoms with van der Waals surface area (Å²) in [6.07, 6.45) is 1.48. The maximum Gasteiger partial charge on any atom is 0.343 e. The Morgan fingerprint density at radius 1 is 0.909 bits per heavy atom. The Hall–Kier alpha value is -4.16. The zero-order chi connectivity index (χ0) is 23.2. The van der Waals surface area contributed by atoms with E-state index in [1.807, 2.05) is 36.4 Å². The highest BCUT2D eigenvalue weighted by Crippen LogP contribution is 2.28. The predicted molar refractivity (Wildman–Crippen MR) is 128 cm³/mol. The average molecular weight is 459 g/mol. The molecule has 0 heterocycles. The van der Waals surface area contributed by atoms with Crippen LogP contribution in [0.1, 0.15) is 26.3 Å². The SMILES string of the molecule is COc1cc(C=NNC(=O)c2cccc3ccccc23)ccc1OC(=O)c1ccc(Cl)cc1. The van der Waals surface area contributed by atoms with E-state index in [-0.39, 0.29) is 11.7 Å². The van der Waals surface area contributed by atoms with Gasteiger partial charge in [0.2, 0.25) is 0 Å². The minimum atomic E-state index is -0.534. The summed E-state index contributed by atoms with van der Waals surface area (Å²) in [4.78, 5) is 24.9. The van der Waals surface area contributed by atoms with Crippen LogP contribution in [0.15, 0.2) is 90.0 Å².